The predicted molar refractivity (Wildman–Crippen MR) is 92.9 cm³/mol. The van der Waals surface area contributed by atoms with Crippen molar-refractivity contribution < 1.29 is 19.1 Å². The van der Waals surface area contributed by atoms with E-state index < -0.39 is 5.60 Å². The van der Waals surface area contributed by atoms with Crippen LogP contribution in [0, 0.1) is 5.92 Å². The Morgan fingerprint density at radius 2 is 1.83 bits per heavy atom. The van der Waals surface area contributed by atoms with E-state index in [1.165, 1.54) is 7.11 Å². The molecule has 0 aliphatic carbocycles. The molecule has 1 aliphatic heterocycles. The molecule has 6 heteroatoms. The first kappa shape index (κ1) is 18.6. The van der Waals surface area contributed by atoms with Crippen molar-refractivity contribution in [2.24, 2.45) is 5.92 Å². The van der Waals surface area contributed by atoms with E-state index in [0.717, 1.165) is 0 Å². The number of halogens is 1. The van der Waals surface area contributed by atoms with Gasteiger partial charge in [-0.25, -0.2) is 4.79 Å². The van der Waals surface area contributed by atoms with E-state index in [0.29, 0.717) is 42.3 Å². The summed E-state index contributed by atoms with van der Waals surface area (Å²) >= 11 is 6.09. The maximum absolute atomic E-state index is 12.6. The zero-order valence-corrected chi connectivity index (χ0v) is 15.4. The number of ketones is 1. The second-order valence-corrected chi connectivity index (χ2v) is 7.36. The van der Waals surface area contributed by atoms with E-state index >= 15 is 0 Å². The number of ether oxygens (including phenoxy) is 2. The van der Waals surface area contributed by atoms with Crippen LogP contribution in [0.1, 0.15) is 44.0 Å². The van der Waals surface area contributed by atoms with Crippen molar-refractivity contribution in [2.45, 2.75) is 39.2 Å². The minimum atomic E-state index is -0.510. The average Bonchev–Trinajstić information content (AvgIpc) is 2.52. The van der Waals surface area contributed by atoms with Crippen LogP contribution in [0.4, 0.5) is 4.79 Å². The summed E-state index contributed by atoms with van der Waals surface area (Å²) in [5.41, 5.74) is 0.0698. The molecule has 0 saturated carbocycles. The lowest BCUT2D eigenvalue weighted by atomic mass is 9.89. The number of hydrogen-bond donors (Lipinski definition) is 0. The molecule has 0 aromatic heterocycles. The molecule has 1 aliphatic rings. The lowest BCUT2D eigenvalue weighted by Gasteiger charge is -2.33. The fourth-order valence-corrected chi connectivity index (χ4v) is 2.96. The van der Waals surface area contributed by atoms with Gasteiger partial charge in [-0.05, 0) is 51.8 Å². The van der Waals surface area contributed by atoms with E-state index in [1.54, 1.807) is 23.1 Å². The normalized spacial score (nSPS) is 16.0. The Hall–Kier alpha value is -1.75. The standard InChI is InChI=1S/C18H24ClNO4/c1-18(2,3)24-17(22)20-9-7-12(8-10-20)16(21)13-5-6-15(23-4)14(19)11-13/h5-6,11-12H,7-10H2,1-4H3. The van der Waals surface area contributed by atoms with Crippen LogP contribution in [0.5, 0.6) is 5.75 Å². The third-order valence-corrected chi connectivity index (χ3v) is 4.25. The van der Waals surface area contributed by atoms with E-state index in [2.05, 4.69) is 0 Å². The lowest BCUT2D eigenvalue weighted by Crippen LogP contribution is -2.43. The van der Waals surface area contributed by atoms with Crippen molar-refractivity contribution in [3.05, 3.63) is 28.8 Å². The molecule has 1 saturated heterocycles. The average molecular weight is 354 g/mol. The molecule has 2 rings (SSSR count). The summed E-state index contributed by atoms with van der Waals surface area (Å²) in [7, 11) is 1.54. The van der Waals surface area contributed by atoms with Gasteiger partial charge in [0.2, 0.25) is 0 Å². The first-order valence-corrected chi connectivity index (χ1v) is 8.45. The number of methoxy groups -OCH3 is 1. The number of hydrogen-bond acceptors (Lipinski definition) is 4. The largest absolute Gasteiger partial charge is 0.495 e. The molecule has 24 heavy (non-hydrogen) atoms. The van der Waals surface area contributed by atoms with E-state index in [4.69, 9.17) is 21.1 Å². The highest BCUT2D eigenvalue weighted by Crippen LogP contribution is 2.28. The molecule has 1 amide bonds. The van der Waals surface area contributed by atoms with Crippen molar-refractivity contribution in [1.82, 2.24) is 4.90 Å². The molecule has 132 valence electrons. The number of rotatable bonds is 3. The first-order valence-electron chi connectivity index (χ1n) is 8.07. The number of carbonyl (C=O) groups excluding carboxylic acids is 2. The Bertz CT molecular complexity index is 616. The maximum atomic E-state index is 12.6. The summed E-state index contributed by atoms with van der Waals surface area (Å²) < 4.78 is 10.5. The molecule has 5 nitrogen and oxygen atoms in total. The number of Topliss-reactive ketones (excluding diaryl/α,β-unsaturated/α-hetero) is 1. The Morgan fingerprint density at radius 3 is 2.33 bits per heavy atom. The van der Waals surface area contributed by atoms with Crippen molar-refractivity contribution in [3.63, 3.8) is 0 Å². The highest BCUT2D eigenvalue weighted by molar-refractivity contribution is 6.32. The van der Waals surface area contributed by atoms with Gasteiger partial charge in [0.05, 0.1) is 12.1 Å². The fraction of sp³-hybridized carbons (Fsp3) is 0.556. The summed E-state index contributed by atoms with van der Waals surface area (Å²) in [4.78, 5) is 26.3. The molecule has 1 heterocycles. The Morgan fingerprint density at radius 1 is 1.21 bits per heavy atom. The van der Waals surface area contributed by atoms with Crippen LogP contribution in [-0.4, -0.2) is 42.6 Å². The summed E-state index contributed by atoms with van der Waals surface area (Å²) in [6, 6.07) is 5.07. The number of likely N-dealkylation sites (tertiary alicyclic amines) is 1. The number of benzene rings is 1. The second-order valence-electron chi connectivity index (χ2n) is 6.96. The molecular formula is C18H24ClNO4. The van der Waals surface area contributed by atoms with Crippen LogP contribution in [0.2, 0.25) is 5.02 Å². The molecule has 1 fully saturated rings. The van der Waals surface area contributed by atoms with Gasteiger partial charge in [0, 0.05) is 24.6 Å². The van der Waals surface area contributed by atoms with Crippen LogP contribution >= 0.6 is 11.6 Å². The van der Waals surface area contributed by atoms with Crippen molar-refractivity contribution in [3.8, 4) is 5.75 Å². The highest BCUT2D eigenvalue weighted by atomic mass is 35.5. The van der Waals surface area contributed by atoms with Gasteiger partial charge < -0.3 is 14.4 Å². The zero-order valence-electron chi connectivity index (χ0n) is 14.6. The second kappa shape index (κ2) is 7.43. The van der Waals surface area contributed by atoms with Gasteiger partial charge in [0.15, 0.2) is 5.78 Å². The molecule has 0 atom stereocenters. The number of amides is 1. The highest BCUT2D eigenvalue weighted by Gasteiger charge is 2.30. The predicted octanol–water partition coefficient (Wildman–Crippen LogP) is 4.18. The van der Waals surface area contributed by atoms with Crippen LogP contribution in [0.3, 0.4) is 0 Å². The summed E-state index contributed by atoms with van der Waals surface area (Å²) in [6.45, 7) is 6.57. The summed E-state index contributed by atoms with van der Waals surface area (Å²) in [5, 5.41) is 0.426. The van der Waals surface area contributed by atoms with Crippen LogP contribution in [-0.2, 0) is 4.74 Å². The van der Waals surface area contributed by atoms with Crippen LogP contribution in [0.15, 0.2) is 18.2 Å². The topological polar surface area (TPSA) is 55.8 Å². The minimum Gasteiger partial charge on any atom is -0.495 e. The molecular weight excluding hydrogens is 330 g/mol. The summed E-state index contributed by atoms with van der Waals surface area (Å²) in [5.74, 6) is 0.504. The van der Waals surface area contributed by atoms with Crippen molar-refractivity contribution >= 4 is 23.5 Å². The minimum absolute atomic E-state index is 0.0587. The number of piperidine rings is 1. The number of nitrogens with zero attached hydrogens (tertiary/aromatic N) is 1. The molecule has 0 unspecified atom stereocenters. The Balaban J connectivity index is 1.95. The SMILES string of the molecule is COc1ccc(C(=O)C2CCN(C(=O)OC(C)(C)C)CC2)cc1Cl. The quantitative estimate of drug-likeness (QED) is 0.765. The monoisotopic (exact) mass is 353 g/mol. The third kappa shape index (κ3) is 4.63. The van der Waals surface area contributed by atoms with Gasteiger partial charge in [0.25, 0.3) is 0 Å². The third-order valence-electron chi connectivity index (χ3n) is 3.95. The molecule has 1 aromatic rings. The van der Waals surface area contributed by atoms with E-state index in [-0.39, 0.29) is 17.8 Å². The number of carbonyl (C=O) groups is 2. The van der Waals surface area contributed by atoms with E-state index in [9.17, 15) is 9.59 Å². The van der Waals surface area contributed by atoms with Crippen molar-refractivity contribution in [1.29, 1.82) is 0 Å². The van der Waals surface area contributed by atoms with E-state index in [1.807, 2.05) is 20.8 Å². The van der Waals surface area contributed by atoms with Gasteiger partial charge in [-0.15, -0.1) is 0 Å². The van der Waals surface area contributed by atoms with Crippen LogP contribution < -0.4 is 4.74 Å². The molecule has 0 bridgehead atoms. The van der Waals surface area contributed by atoms with Gasteiger partial charge in [-0.3, -0.25) is 4.79 Å². The summed E-state index contributed by atoms with van der Waals surface area (Å²) in [6.07, 6.45) is 0.935. The molecule has 0 N–H and O–H groups in total. The van der Waals surface area contributed by atoms with Gasteiger partial charge >= 0.3 is 6.09 Å². The Kier molecular flexibility index (Phi) is 5.75. The van der Waals surface area contributed by atoms with Gasteiger partial charge in [-0.2, -0.15) is 0 Å². The molecule has 0 radical (unpaired) electrons. The smallest absolute Gasteiger partial charge is 0.410 e. The van der Waals surface area contributed by atoms with Gasteiger partial charge in [-0.1, -0.05) is 11.6 Å². The maximum Gasteiger partial charge on any atom is 0.410 e. The van der Waals surface area contributed by atoms with Crippen molar-refractivity contribution in [2.75, 3.05) is 20.2 Å². The van der Waals surface area contributed by atoms with Crippen LogP contribution in [0.25, 0.3) is 0 Å². The molecule has 1 aromatic carbocycles. The van der Waals surface area contributed by atoms with Gasteiger partial charge in [0.1, 0.15) is 11.4 Å². The molecule has 0 spiro atoms. The zero-order chi connectivity index (χ0) is 17.9. The lowest BCUT2D eigenvalue weighted by molar-refractivity contribution is 0.0182. The Labute approximate surface area is 147 Å². The first-order chi connectivity index (χ1) is 11.2. The fourth-order valence-electron chi connectivity index (χ4n) is 2.71.